The van der Waals surface area contributed by atoms with E-state index in [-0.39, 0.29) is 0 Å². The van der Waals surface area contributed by atoms with Crippen molar-refractivity contribution in [2.24, 2.45) is 7.05 Å². The second-order valence-electron chi connectivity index (χ2n) is 10.5. The van der Waals surface area contributed by atoms with Crippen molar-refractivity contribution in [3.05, 3.63) is 47.6 Å². The summed E-state index contributed by atoms with van der Waals surface area (Å²) in [5.41, 5.74) is 3.48. The summed E-state index contributed by atoms with van der Waals surface area (Å²) in [7, 11) is 0.709. The molecule has 34 heavy (non-hydrogen) atoms. The zero-order valence-electron chi connectivity index (χ0n) is 20.1. The third kappa shape index (κ3) is 4.33. The zero-order chi connectivity index (χ0) is 24.1. The average molecular weight is 499 g/mol. The molecule has 0 saturated heterocycles. The number of hydrogen-bond donors (Lipinski definition) is 1. The molecule has 0 spiro atoms. The molecule has 4 aromatic heterocycles. The molecule has 1 aliphatic rings. The lowest BCUT2D eigenvalue weighted by Crippen LogP contribution is -2.33. The van der Waals surface area contributed by atoms with Crippen molar-refractivity contribution in [3.8, 4) is 16.9 Å². The van der Waals surface area contributed by atoms with Gasteiger partial charge in [-0.25, -0.2) is 9.67 Å². The van der Waals surface area contributed by atoms with E-state index in [2.05, 4.69) is 45.5 Å². The number of aryl methyl sites for hydroxylation is 1. The fraction of sp³-hybridized carbons (Fsp3) is 0.458. The molecular formula is C24H31ClN6O2Si. The molecule has 0 aliphatic heterocycles. The van der Waals surface area contributed by atoms with Gasteiger partial charge in [0.05, 0.1) is 40.6 Å². The maximum Gasteiger partial charge on any atom is 0.144 e. The number of aliphatic hydroxyl groups is 1. The number of nitrogens with zero attached hydrogens (tertiary/aromatic N) is 6. The third-order valence-electron chi connectivity index (χ3n) is 6.60. The third-order valence-corrected chi connectivity index (χ3v) is 8.58. The first kappa shape index (κ1) is 23.3. The molecule has 0 atom stereocenters. The summed E-state index contributed by atoms with van der Waals surface area (Å²) in [6.07, 6.45) is 11.6. The van der Waals surface area contributed by atoms with Crippen LogP contribution in [0.15, 0.2) is 37.1 Å². The van der Waals surface area contributed by atoms with E-state index < -0.39 is 13.7 Å². The number of ether oxygens (including phenoxy) is 1. The number of fused-ring (bicyclic) bond motifs is 1. The summed E-state index contributed by atoms with van der Waals surface area (Å²) in [5.74, 6) is 0. The molecule has 1 fully saturated rings. The molecule has 0 unspecified atom stereocenters. The van der Waals surface area contributed by atoms with Crippen LogP contribution < -0.4 is 0 Å². The summed E-state index contributed by atoms with van der Waals surface area (Å²) in [4.78, 5) is 4.67. The molecule has 8 nitrogen and oxygen atoms in total. The summed E-state index contributed by atoms with van der Waals surface area (Å²) < 4.78 is 11.7. The Morgan fingerprint density at radius 1 is 1.15 bits per heavy atom. The van der Waals surface area contributed by atoms with E-state index >= 15 is 0 Å². The van der Waals surface area contributed by atoms with Gasteiger partial charge in [-0.3, -0.25) is 4.68 Å². The number of pyridine rings is 1. The topological polar surface area (TPSA) is 82.9 Å². The molecule has 5 rings (SSSR count). The maximum absolute atomic E-state index is 10.8. The fourth-order valence-corrected chi connectivity index (χ4v) is 5.33. The molecule has 0 bridgehead atoms. The number of hydrogen-bond acceptors (Lipinski definition) is 5. The Hall–Kier alpha value is -2.46. The Kier molecular flexibility index (Phi) is 5.92. The van der Waals surface area contributed by atoms with E-state index in [1.807, 2.05) is 25.6 Å². The van der Waals surface area contributed by atoms with E-state index in [9.17, 15) is 5.11 Å². The molecule has 0 amide bonds. The lowest BCUT2D eigenvalue weighted by atomic mass is 9.76. The summed E-state index contributed by atoms with van der Waals surface area (Å²) in [6, 6.07) is 3.17. The standard InChI is InChI=1S/C24H31ClN6O2Si/c1-29-14-17(11-27-29)21-10-19-22(31-15-18(12-28-31)24(32)6-5-7-24)20(25)13-26-23(19)30(21)16-33-8-9-34(2,3)4/h10-15,32H,5-9,16H2,1-4H3. The highest BCUT2D eigenvalue weighted by Crippen LogP contribution is 2.41. The SMILES string of the molecule is Cn1cc(-c2cc3c(-n4cc(C5(O)CCC5)cn4)c(Cl)cnc3n2COCC[Si](C)(C)C)cn1. The van der Waals surface area contributed by atoms with E-state index in [1.165, 1.54) is 0 Å². The molecule has 1 aliphatic carbocycles. The zero-order valence-corrected chi connectivity index (χ0v) is 21.9. The van der Waals surface area contributed by atoms with Crippen molar-refractivity contribution in [2.75, 3.05) is 6.61 Å². The molecule has 4 heterocycles. The van der Waals surface area contributed by atoms with Crippen LogP contribution in [0.25, 0.3) is 28.0 Å². The van der Waals surface area contributed by atoms with Gasteiger partial charge in [-0.05, 0) is 31.4 Å². The van der Waals surface area contributed by atoms with Crippen molar-refractivity contribution < 1.29 is 9.84 Å². The summed E-state index contributed by atoms with van der Waals surface area (Å²) in [6.45, 7) is 8.13. The van der Waals surface area contributed by atoms with Crippen molar-refractivity contribution in [2.45, 2.75) is 57.3 Å². The van der Waals surface area contributed by atoms with Crippen LogP contribution in [0.5, 0.6) is 0 Å². The minimum absolute atomic E-state index is 0.385. The Balaban J connectivity index is 1.58. The molecule has 0 radical (unpaired) electrons. The molecular weight excluding hydrogens is 468 g/mol. The molecule has 10 heteroatoms. The van der Waals surface area contributed by atoms with Crippen molar-refractivity contribution in [1.82, 2.24) is 29.1 Å². The molecule has 180 valence electrons. The van der Waals surface area contributed by atoms with Crippen molar-refractivity contribution in [1.29, 1.82) is 0 Å². The van der Waals surface area contributed by atoms with Crippen LogP contribution in [0.3, 0.4) is 0 Å². The lowest BCUT2D eigenvalue weighted by Gasteiger charge is -2.35. The Morgan fingerprint density at radius 3 is 2.59 bits per heavy atom. The fourth-order valence-electron chi connectivity index (χ4n) is 4.34. The molecule has 0 aromatic carbocycles. The highest BCUT2D eigenvalue weighted by molar-refractivity contribution is 6.76. The predicted octanol–water partition coefficient (Wildman–Crippen LogP) is 4.96. The van der Waals surface area contributed by atoms with Gasteiger partial charge >= 0.3 is 0 Å². The lowest BCUT2D eigenvalue weighted by molar-refractivity contribution is -0.0388. The van der Waals surface area contributed by atoms with Gasteiger partial charge in [-0.15, -0.1) is 0 Å². The van der Waals surface area contributed by atoms with Gasteiger partial charge in [0.2, 0.25) is 0 Å². The van der Waals surface area contributed by atoms with Gasteiger partial charge in [-0.1, -0.05) is 31.2 Å². The van der Waals surface area contributed by atoms with Crippen LogP contribution in [-0.4, -0.2) is 48.9 Å². The van der Waals surface area contributed by atoms with Crippen LogP contribution in [0.1, 0.15) is 24.8 Å². The second-order valence-corrected chi connectivity index (χ2v) is 16.5. The van der Waals surface area contributed by atoms with Crippen LogP contribution in [0, 0.1) is 0 Å². The number of rotatable bonds is 8. The van der Waals surface area contributed by atoms with E-state index in [1.54, 1.807) is 21.8 Å². The second kappa shape index (κ2) is 8.64. The van der Waals surface area contributed by atoms with Crippen LogP contribution >= 0.6 is 11.6 Å². The Bertz CT molecular complexity index is 1330. The molecule has 4 aromatic rings. The molecule has 1 N–H and O–H groups in total. The smallest absolute Gasteiger partial charge is 0.144 e. The highest BCUT2D eigenvalue weighted by Gasteiger charge is 2.37. The minimum Gasteiger partial charge on any atom is -0.385 e. The number of halogens is 1. The monoisotopic (exact) mass is 498 g/mol. The first-order chi connectivity index (χ1) is 16.1. The van der Waals surface area contributed by atoms with Gasteiger partial charge in [0.15, 0.2) is 0 Å². The maximum atomic E-state index is 10.8. The normalized spacial score (nSPS) is 15.7. The first-order valence-corrected chi connectivity index (χ1v) is 15.8. The predicted molar refractivity (Wildman–Crippen MR) is 136 cm³/mol. The van der Waals surface area contributed by atoms with E-state index in [4.69, 9.17) is 16.3 Å². The molecule has 1 saturated carbocycles. The van der Waals surface area contributed by atoms with Crippen LogP contribution in [0.2, 0.25) is 30.7 Å². The van der Waals surface area contributed by atoms with Crippen LogP contribution in [-0.2, 0) is 24.1 Å². The Labute approximate surface area is 205 Å². The van der Waals surface area contributed by atoms with Crippen LogP contribution in [0.4, 0.5) is 0 Å². The van der Waals surface area contributed by atoms with E-state index in [0.717, 1.165) is 58.8 Å². The van der Waals surface area contributed by atoms with Gasteiger partial charge in [0.25, 0.3) is 0 Å². The summed E-state index contributed by atoms with van der Waals surface area (Å²) >= 11 is 6.66. The largest absolute Gasteiger partial charge is 0.385 e. The quantitative estimate of drug-likeness (QED) is 0.274. The summed E-state index contributed by atoms with van der Waals surface area (Å²) in [5, 5.41) is 21.1. The van der Waals surface area contributed by atoms with Crippen molar-refractivity contribution in [3.63, 3.8) is 0 Å². The van der Waals surface area contributed by atoms with Gasteiger partial charge in [-0.2, -0.15) is 10.2 Å². The van der Waals surface area contributed by atoms with Gasteiger partial charge < -0.3 is 14.4 Å². The first-order valence-electron chi connectivity index (χ1n) is 11.7. The average Bonchev–Trinajstić information content (AvgIpc) is 3.47. The van der Waals surface area contributed by atoms with Gasteiger partial charge in [0, 0.05) is 50.6 Å². The van der Waals surface area contributed by atoms with Gasteiger partial charge in [0.1, 0.15) is 12.4 Å². The highest BCUT2D eigenvalue weighted by atomic mass is 35.5. The van der Waals surface area contributed by atoms with E-state index in [0.29, 0.717) is 18.4 Å². The van der Waals surface area contributed by atoms with Crippen molar-refractivity contribution >= 4 is 30.7 Å². The minimum atomic E-state index is -1.19. The number of aromatic nitrogens is 6. The Morgan fingerprint density at radius 2 is 1.94 bits per heavy atom.